The van der Waals surface area contributed by atoms with E-state index in [1.807, 2.05) is 0 Å². The molecule has 0 amide bonds. The van der Waals surface area contributed by atoms with Crippen LogP contribution in [0, 0.1) is 5.41 Å². The van der Waals surface area contributed by atoms with Gasteiger partial charge in [-0.25, -0.2) is 4.98 Å². The maximum absolute atomic E-state index is 10.9. The number of rotatable bonds is 4. The van der Waals surface area contributed by atoms with Crippen LogP contribution in [-0.2, 0) is 4.79 Å². The van der Waals surface area contributed by atoms with Gasteiger partial charge in [0.1, 0.15) is 11.0 Å². The lowest BCUT2D eigenvalue weighted by Gasteiger charge is -2.10. The molecule has 0 unspecified atom stereocenters. The molecular formula is C9H10ClN3O2. The molecule has 1 aliphatic carbocycles. The molecule has 1 aliphatic rings. The zero-order valence-corrected chi connectivity index (χ0v) is 8.66. The third-order valence-electron chi connectivity index (χ3n) is 2.52. The number of aromatic nitrogens is 2. The second-order valence-electron chi connectivity index (χ2n) is 3.67. The van der Waals surface area contributed by atoms with Gasteiger partial charge in [-0.3, -0.25) is 9.78 Å². The summed E-state index contributed by atoms with van der Waals surface area (Å²) in [6.45, 7) is 0.372. The lowest BCUT2D eigenvalue weighted by molar-refractivity contribution is -0.142. The minimum atomic E-state index is -0.759. The maximum atomic E-state index is 10.9. The Bertz CT molecular complexity index is 393. The molecule has 2 rings (SSSR count). The van der Waals surface area contributed by atoms with Gasteiger partial charge in [-0.05, 0) is 12.8 Å². The van der Waals surface area contributed by atoms with Gasteiger partial charge in [-0.1, -0.05) is 11.6 Å². The van der Waals surface area contributed by atoms with Gasteiger partial charge in [0.25, 0.3) is 0 Å². The first-order chi connectivity index (χ1) is 7.12. The van der Waals surface area contributed by atoms with Gasteiger partial charge < -0.3 is 10.4 Å². The van der Waals surface area contributed by atoms with Crippen LogP contribution < -0.4 is 5.32 Å². The number of aliphatic carboxylic acids is 1. The second kappa shape index (κ2) is 3.66. The molecule has 80 valence electrons. The highest BCUT2D eigenvalue weighted by molar-refractivity contribution is 6.29. The first kappa shape index (κ1) is 10.2. The fourth-order valence-corrected chi connectivity index (χ4v) is 1.45. The van der Waals surface area contributed by atoms with Crippen LogP contribution in [-0.4, -0.2) is 27.6 Å². The molecule has 0 radical (unpaired) electrons. The zero-order valence-electron chi connectivity index (χ0n) is 7.90. The average molecular weight is 228 g/mol. The molecule has 2 N–H and O–H groups in total. The Hall–Kier alpha value is -1.36. The van der Waals surface area contributed by atoms with Crippen LogP contribution in [0.15, 0.2) is 12.4 Å². The molecule has 0 bridgehead atoms. The summed E-state index contributed by atoms with van der Waals surface area (Å²) in [6, 6.07) is 0. The standard InChI is InChI=1S/C9H10ClN3O2/c10-6-3-11-4-7(13-6)12-5-9(1-2-9)8(14)15/h3-4H,1-2,5H2,(H,12,13)(H,14,15). The van der Waals surface area contributed by atoms with E-state index in [1.165, 1.54) is 12.4 Å². The predicted octanol–water partition coefficient (Wildman–Crippen LogP) is 1.41. The molecule has 1 aromatic heterocycles. The molecule has 1 heterocycles. The minimum absolute atomic E-state index is 0.292. The third-order valence-corrected chi connectivity index (χ3v) is 2.70. The van der Waals surface area contributed by atoms with Crippen LogP contribution in [0.3, 0.4) is 0 Å². The Morgan fingerprint density at radius 3 is 2.87 bits per heavy atom. The van der Waals surface area contributed by atoms with Crippen molar-refractivity contribution >= 4 is 23.4 Å². The van der Waals surface area contributed by atoms with E-state index in [1.54, 1.807) is 0 Å². The van der Waals surface area contributed by atoms with Crippen LogP contribution >= 0.6 is 11.6 Å². The van der Waals surface area contributed by atoms with Gasteiger partial charge in [0.15, 0.2) is 0 Å². The van der Waals surface area contributed by atoms with Crippen molar-refractivity contribution in [1.82, 2.24) is 9.97 Å². The van der Waals surface area contributed by atoms with Crippen LogP contribution in [0.2, 0.25) is 5.15 Å². The van der Waals surface area contributed by atoms with E-state index < -0.39 is 11.4 Å². The molecule has 0 atom stereocenters. The van der Waals surface area contributed by atoms with Crippen molar-refractivity contribution in [3.8, 4) is 0 Å². The molecule has 1 aromatic rings. The Kier molecular flexibility index (Phi) is 2.48. The Balaban J connectivity index is 1.96. The summed E-state index contributed by atoms with van der Waals surface area (Å²) in [5, 5.41) is 12.2. The number of carboxylic acid groups (broad SMARTS) is 1. The highest BCUT2D eigenvalue weighted by Crippen LogP contribution is 2.45. The fourth-order valence-electron chi connectivity index (χ4n) is 1.30. The van der Waals surface area contributed by atoms with E-state index in [0.717, 1.165) is 0 Å². The molecular weight excluding hydrogens is 218 g/mol. The van der Waals surface area contributed by atoms with Gasteiger partial charge in [0.05, 0.1) is 17.8 Å². The molecule has 6 heteroatoms. The zero-order chi connectivity index (χ0) is 10.9. The summed E-state index contributed by atoms with van der Waals surface area (Å²) >= 11 is 5.64. The highest BCUT2D eigenvalue weighted by atomic mass is 35.5. The number of halogens is 1. The first-order valence-electron chi connectivity index (χ1n) is 4.57. The van der Waals surface area contributed by atoms with E-state index in [4.69, 9.17) is 16.7 Å². The van der Waals surface area contributed by atoms with Crippen molar-refractivity contribution < 1.29 is 9.90 Å². The van der Waals surface area contributed by atoms with Gasteiger partial charge in [-0.2, -0.15) is 0 Å². The third kappa shape index (κ3) is 2.18. The van der Waals surface area contributed by atoms with Crippen molar-refractivity contribution in [1.29, 1.82) is 0 Å². The number of hydrogen-bond acceptors (Lipinski definition) is 4. The van der Waals surface area contributed by atoms with Crippen molar-refractivity contribution in [3.05, 3.63) is 17.5 Å². The van der Waals surface area contributed by atoms with Gasteiger partial charge >= 0.3 is 5.97 Å². The molecule has 0 spiro atoms. The van der Waals surface area contributed by atoms with Crippen LogP contribution in [0.4, 0.5) is 5.82 Å². The molecule has 1 fully saturated rings. The summed E-state index contributed by atoms with van der Waals surface area (Å²) in [5.41, 5.74) is -0.607. The minimum Gasteiger partial charge on any atom is -0.481 e. The van der Waals surface area contributed by atoms with E-state index in [-0.39, 0.29) is 0 Å². The summed E-state index contributed by atoms with van der Waals surface area (Å²) in [6.07, 6.45) is 4.37. The quantitative estimate of drug-likeness (QED) is 0.814. The normalized spacial score (nSPS) is 17.1. The molecule has 0 aromatic carbocycles. The Labute approximate surface area is 91.5 Å². The topological polar surface area (TPSA) is 75.1 Å². The Morgan fingerprint density at radius 2 is 2.33 bits per heavy atom. The summed E-state index contributed by atoms with van der Waals surface area (Å²) in [5.74, 6) is -0.250. The number of anilines is 1. The second-order valence-corrected chi connectivity index (χ2v) is 4.05. The maximum Gasteiger partial charge on any atom is 0.311 e. The van der Waals surface area contributed by atoms with E-state index >= 15 is 0 Å². The lowest BCUT2D eigenvalue weighted by Crippen LogP contribution is -2.24. The van der Waals surface area contributed by atoms with Crippen LogP contribution in [0.1, 0.15) is 12.8 Å². The average Bonchev–Trinajstić information content (AvgIpc) is 2.96. The van der Waals surface area contributed by atoms with Gasteiger partial charge in [0.2, 0.25) is 0 Å². The predicted molar refractivity (Wildman–Crippen MR) is 54.8 cm³/mol. The molecule has 5 nitrogen and oxygen atoms in total. The molecule has 1 saturated carbocycles. The molecule has 0 saturated heterocycles. The first-order valence-corrected chi connectivity index (χ1v) is 4.95. The number of carboxylic acids is 1. The van der Waals surface area contributed by atoms with Crippen molar-refractivity contribution in [2.24, 2.45) is 5.41 Å². The van der Waals surface area contributed by atoms with Crippen LogP contribution in [0.25, 0.3) is 0 Å². The number of nitrogens with one attached hydrogen (secondary N) is 1. The van der Waals surface area contributed by atoms with Crippen molar-refractivity contribution in [3.63, 3.8) is 0 Å². The van der Waals surface area contributed by atoms with E-state index in [0.29, 0.717) is 30.4 Å². The number of nitrogens with zero attached hydrogens (tertiary/aromatic N) is 2. The monoisotopic (exact) mass is 227 g/mol. The smallest absolute Gasteiger partial charge is 0.311 e. The van der Waals surface area contributed by atoms with Gasteiger partial charge in [-0.15, -0.1) is 0 Å². The van der Waals surface area contributed by atoms with Crippen molar-refractivity contribution in [2.45, 2.75) is 12.8 Å². The molecule has 15 heavy (non-hydrogen) atoms. The SMILES string of the molecule is O=C(O)C1(CNc2cncc(Cl)n2)CC1. The summed E-state index contributed by atoms with van der Waals surface area (Å²) < 4.78 is 0. The highest BCUT2D eigenvalue weighted by Gasteiger charge is 2.50. The number of hydrogen-bond donors (Lipinski definition) is 2. The van der Waals surface area contributed by atoms with E-state index in [9.17, 15) is 4.79 Å². The largest absolute Gasteiger partial charge is 0.481 e. The Morgan fingerprint density at radius 1 is 1.60 bits per heavy atom. The molecule has 0 aliphatic heterocycles. The lowest BCUT2D eigenvalue weighted by atomic mass is 10.1. The van der Waals surface area contributed by atoms with Gasteiger partial charge in [0, 0.05) is 6.54 Å². The van der Waals surface area contributed by atoms with Crippen molar-refractivity contribution in [2.75, 3.05) is 11.9 Å². The summed E-state index contributed by atoms with van der Waals surface area (Å²) in [7, 11) is 0. The number of carbonyl (C=O) groups is 1. The summed E-state index contributed by atoms with van der Waals surface area (Å²) in [4.78, 5) is 18.7. The van der Waals surface area contributed by atoms with E-state index in [2.05, 4.69) is 15.3 Å². The van der Waals surface area contributed by atoms with Crippen LogP contribution in [0.5, 0.6) is 0 Å². The fraction of sp³-hybridized carbons (Fsp3) is 0.444.